The number of carbonyl (C=O) groups excluding carboxylic acids is 2. The number of anilines is 2. The van der Waals surface area contributed by atoms with E-state index in [4.69, 9.17) is 9.47 Å². The quantitative estimate of drug-likeness (QED) is 0.797. The van der Waals surface area contributed by atoms with Crippen molar-refractivity contribution >= 4 is 23.3 Å². The molecule has 0 saturated heterocycles. The molecule has 1 aromatic carbocycles. The lowest BCUT2D eigenvalue weighted by Crippen LogP contribution is -2.40. The topological polar surface area (TPSA) is 59.1 Å². The van der Waals surface area contributed by atoms with E-state index in [-0.39, 0.29) is 18.9 Å². The SMILES string of the molecule is C=C(C)N1C2=C(C(=O)OCC)OC(=O)CN2c2ccccc21. The van der Waals surface area contributed by atoms with Gasteiger partial charge in [0.05, 0.1) is 18.0 Å². The molecule has 0 fully saturated rings. The van der Waals surface area contributed by atoms with Gasteiger partial charge in [0.2, 0.25) is 0 Å². The van der Waals surface area contributed by atoms with Crippen LogP contribution in [0.1, 0.15) is 13.8 Å². The lowest BCUT2D eigenvalue weighted by atomic mass is 10.2. The van der Waals surface area contributed by atoms with Crippen molar-refractivity contribution in [1.82, 2.24) is 0 Å². The van der Waals surface area contributed by atoms with Crippen molar-refractivity contribution in [3.8, 4) is 0 Å². The summed E-state index contributed by atoms with van der Waals surface area (Å²) in [7, 11) is 0. The number of nitrogens with zero attached hydrogens (tertiary/aromatic N) is 2. The van der Waals surface area contributed by atoms with Gasteiger partial charge in [0.25, 0.3) is 5.76 Å². The minimum Gasteiger partial charge on any atom is -0.460 e. The van der Waals surface area contributed by atoms with Crippen LogP contribution in [0.4, 0.5) is 11.4 Å². The molecule has 22 heavy (non-hydrogen) atoms. The number of cyclic esters (lactones) is 1. The molecule has 2 heterocycles. The molecule has 2 aliphatic heterocycles. The van der Waals surface area contributed by atoms with Crippen molar-refractivity contribution in [2.45, 2.75) is 13.8 Å². The predicted octanol–water partition coefficient (Wildman–Crippen LogP) is 2.14. The maximum absolute atomic E-state index is 12.2. The molecule has 0 atom stereocenters. The third kappa shape index (κ3) is 2.04. The highest BCUT2D eigenvalue weighted by Gasteiger charge is 2.42. The molecule has 0 N–H and O–H groups in total. The van der Waals surface area contributed by atoms with E-state index in [1.807, 2.05) is 31.2 Å². The van der Waals surface area contributed by atoms with E-state index < -0.39 is 11.9 Å². The second-order valence-electron chi connectivity index (χ2n) is 4.99. The molecule has 0 radical (unpaired) electrons. The van der Waals surface area contributed by atoms with E-state index in [0.29, 0.717) is 11.5 Å². The van der Waals surface area contributed by atoms with E-state index in [1.54, 1.807) is 16.7 Å². The molecular formula is C16H16N2O4. The van der Waals surface area contributed by atoms with Crippen LogP contribution in [0, 0.1) is 0 Å². The summed E-state index contributed by atoms with van der Waals surface area (Å²) >= 11 is 0. The molecule has 0 amide bonds. The first kappa shape index (κ1) is 14.2. The number of allylic oxidation sites excluding steroid dienone is 1. The molecule has 6 heteroatoms. The number of fused-ring (bicyclic) bond motifs is 3. The molecule has 1 aromatic rings. The molecular weight excluding hydrogens is 284 g/mol. The first-order chi connectivity index (χ1) is 10.5. The summed E-state index contributed by atoms with van der Waals surface area (Å²) in [5.74, 6) is -0.774. The lowest BCUT2D eigenvalue weighted by molar-refractivity contribution is -0.151. The highest BCUT2D eigenvalue weighted by Crippen LogP contribution is 2.45. The average molecular weight is 300 g/mol. The Morgan fingerprint density at radius 2 is 2.05 bits per heavy atom. The van der Waals surface area contributed by atoms with Gasteiger partial charge in [0.1, 0.15) is 6.54 Å². The van der Waals surface area contributed by atoms with Crippen molar-refractivity contribution < 1.29 is 19.1 Å². The number of ether oxygens (including phenoxy) is 2. The molecule has 0 spiro atoms. The Morgan fingerprint density at radius 1 is 1.36 bits per heavy atom. The molecule has 2 aliphatic rings. The maximum Gasteiger partial charge on any atom is 0.378 e. The fourth-order valence-electron chi connectivity index (χ4n) is 2.65. The summed E-state index contributed by atoms with van der Waals surface area (Å²) in [6, 6.07) is 7.56. The Morgan fingerprint density at radius 3 is 2.68 bits per heavy atom. The van der Waals surface area contributed by atoms with Crippen LogP contribution in [0.3, 0.4) is 0 Å². The molecule has 0 aromatic heterocycles. The zero-order valence-corrected chi connectivity index (χ0v) is 12.5. The van der Waals surface area contributed by atoms with Gasteiger partial charge < -0.3 is 14.4 Å². The Hall–Kier alpha value is -2.76. The predicted molar refractivity (Wildman–Crippen MR) is 80.8 cm³/mol. The van der Waals surface area contributed by atoms with Gasteiger partial charge in [-0.05, 0) is 26.0 Å². The number of hydrogen-bond acceptors (Lipinski definition) is 6. The third-order valence-electron chi connectivity index (χ3n) is 3.43. The summed E-state index contributed by atoms with van der Waals surface area (Å²) in [4.78, 5) is 27.6. The number of benzene rings is 1. The lowest BCUT2D eigenvalue weighted by Gasteiger charge is -2.29. The molecule has 3 rings (SSSR count). The molecule has 0 unspecified atom stereocenters. The summed E-state index contributed by atoms with van der Waals surface area (Å²) in [5.41, 5.74) is 2.40. The van der Waals surface area contributed by atoms with E-state index in [9.17, 15) is 9.59 Å². The van der Waals surface area contributed by atoms with Crippen LogP contribution in [0.15, 0.2) is 48.1 Å². The second kappa shape index (κ2) is 5.22. The number of esters is 2. The fourth-order valence-corrected chi connectivity index (χ4v) is 2.65. The van der Waals surface area contributed by atoms with Crippen LogP contribution in [0.25, 0.3) is 0 Å². The molecule has 0 bridgehead atoms. The highest BCUT2D eigenvalue weighted by atomic mass is 16.6. The van der Waals surface area contributed by atoms with E-state index >= 15 is 0 Å². The monoisotopic (exact) mass is 300 g/mol. The highest BCUT2D eigenvalue weighted by molar-refractivity contribution is 5.99. The van der Waals surface area contributed by atoms with Crippen LogP contribution in [-0.2, 0) is 19.1 Å². The standard InChI is InChI=1S/C16H16N2O4/c1-4-21-16(20)14-15-17(9-13(19)22-14)11-7-5-6-8-12(11)18(15)10(2)3/h5-8H,2,4,9H2,1,3H3. The zero-order chi connectivity index (χ0) is 15.9. The van der Waals surface area contributed by atoms with Gasteiger partial charge >= 0.3 is 11.9 Å². The molecule has 114 valence electrons. The van der Waals surface area contributed by atoms with E-state index in [2.05, 4.69) is 6.58 Å². The Labute approximate surface area is 128 Å². The van der Waals surface area contributed by atoms with E-state index in [1.165, 1.54) is 0 Å². The van der Waals surface area contributed by atoms with Crippen molar-refractivity contribution in [3.05, 3.63) is 48.1 Å². The molecule has 0 saturated carbocycles. The Kier molecular flexibility index (Phi) is 3.36. The summed E-state index contributed by atoms with van der Waals surface area (Å²) in [6.45, 7) is 7.73. The zero-order valence-electron chi connectivity index (χ0n) is 12.5. The van der Waals surface area contributed by atoms with Crippen molar-refractivity contribution in [2.75, 3.05) is 23.0 Å². The smallest absolute Gasteiger partial charge is 0.378 e. The van der Waals surface area contributed by atoms with Crippen LogP contribution >= 0.6 is 0 Å². The fraction of sp³-hybridized carbons (Fsp3) is 0.250. The van der Waals surface area contributed by atoms with Gasteiger partial charge in [0, 0.05) is 5.70 Å². The Balaban J connectivity index is 2.21. The van der Waals surface area contributed by atoms with Gasteiger partial charge in [-0.25, -0.2) is 9.59 Å². The number of hydrogen-bond donors (Lipinski definition) is 0. The number of rotatable bonds is 3. The van der Waals surface area contributed by atoms with Crippen molar-refractivity contribution in [1.29, 1.82) is 0 Å². The minimum atomic E-state index is -0.658. The molecule has 0 aliphatic carbocycles. The second-order valence-corrected chi connectivity index (χ2v) is 4.99. The van der Waals surface area contributed by atoms with Gasteiger partial charge in [-0.1, -0.05) is 18.7 Å². The summed E-state index contributed by atoms with van der Waals surface area (Å²) < 4.78 is 10.2. The van der Waals surface area contributed by atoms with Crippen LogP contribution in [-0.4, -0.2) is 25.1 Å². The van der Waals surface area contributed by atoms with Crippen LogP contribution < -0.4 is 9.80 Å². The third-order valence-corrected chi connectivity index (χ3v) is 3.43. The van der Waals surface area contributed by atoms with Crippen LogP contribution in [0.5, 0.6) is 0 Å². The van der Waals surface area contributed by atoms with E-state index in [0.717, 1.165) is 11.4 Å². The van der Waals surface area contributed by atoms with Gasteiger partial charge in [0.15, 0.2) is 5.82 Å². The maximum atomic E-state index is 12.2. The van der Waals surface area contributed by atoms with Gasteiger partial charge in [-0.3, -0.25) is 4.90 Å². The van der Waals surface area contributed by atoms with Gasteiger partial charge in [-0.2, -0.15) is 0 Å². The van der Waals surface area contributed by atoms with Crippen LogP contribution in [0.2, 0.25) is 0 Å². The molecule has 6 nitrogen and oxygen atoms in total. The number of para-hydroxylation sites is 2. The largest absolute Gasteiger partial charge is 0.460 e. The average Bonchev–Trinajstić information content (AvgIpc) is 2.81. The summed E-state index contributed by atoms with van der Waals surface area (Å²) in [5, 5.41) is 0. The van der Waals surface area contributed by atoms with Crippen molar-refractivity contribution in [3.63, 3.8) is 0 Å². The van der Waals surface area contributed by atoms with Crippen molar-refractivity contribution in [2.24, 2.45) is 0 Å². The summed E-state index contributed by atoms with van der Waals surface area (Å²) in [6.07, 6.45) is 0. The minimum absolute atomic E-state index is 0.0407. The number of carbonyl (C=O) groups is 2. The first-order valence-electron chi connectivity index (χ1n) is 6.99. The first-order valence-corrected chi connectivity index (χ1v) is 6.99. The Bertz CT molecular complexity index is 708. The van der Waals surface area contributed by atoms with Gasteiger partial charge in [-0.15, -0.1) is 0 Å². The normalized spacial score (nSPS) is 16.2.